The minimum Gasteiger partial charge on any atom is -0.492 e. The standard InChI is InChI=1S/C14H20ClN3O2/c1-16-14(19)9-18-6-3-11(4-7-18)10-20-13-2-5-17-8-12(13)15/h2,5,8,11H,3-4,6-7,9-10H2,1H3,(H,16,19). The lowest BCUT2D eigenvalue weighted by molar-refractivity contribution is -0.122. The van der Waals surface area contributed by atoms with Crippen molar-refractivity contribution in [2.24, 2.45) is 5.92 Å². The topological polar surface area (TPSA) is 54.5 Å². The second kappa shape index (κ2) is 7.45. The lowest BCUT2D eigenvalue weighted by atomic mass is 9.98. The lowest BCUT2D eigenvalue weighted by Crippen LogP contribution is -2.41. The number of amides is 1. The van der Waals surface area contributed by atoms with E-state index in [0.29, 0.717) is 29.8 Å². The van der Waals surface area contributed by atoms with Crippen LogP contribution in [0.4, 0.5) is 0 Å². The van der Waals surface area contributed by atoms with Gasteiger partial charge in [0.2, 0.25) is 5.91 Å². The minimum absolute atomic E-state index is 0.0725. The van der Waals surface area contributed by atoms with E-state index in [9.17, 15) is 4.79 Å². The Labute approximate surface area is 124 Å². The molecule has 0 unspecified atom stereocenters. The fourth-order valence-corrected chi connectivity index (χ4v) is 2.45. The summed E-state index contributed by atoms with van der Waals surface area (Å²) in [6, 6.07) is 1.78. The zero-order valence-electron chi connectivity index (χ0n) is 11.6. The summed E-state index contributed by atoms with van der Waals surface area (Å²) in [7, 11) is 1.67. The normalized spacial score (nSPS) is 16.9. The van der Waals surface area contributed by atoms with Crippen LogP contribution in [0.3, 0.4) is 0 Å². The molecule has 20 heavy (non-hydrogen) atoms. The highest BCUT2D eigenvalue weighted by Gasteiger charge is 2.21. The zero-order valence-corrected chi connectivity index (χ0v) is 12.4. The lowest BCUT2D eigenvalue weighted by Gasteiger charge is -2.31. The first kappa shape index (κ1) is 15.1. The third-order valence-corrected chi connectivity index (χ3v) is 3.85. The molecule has 0 aromatic carbocycles. The van der Waals surface area contributed by atoms with Crippen LogP contribution in [-0.2, 0) is 4.79 Å². The molecule has 0 radical (unpaired) electrons. The van der Waals surface area contributed by atoms with E-state index in [1.54, 1.807) is 25.5 Å². The van der Waals surface area contributed by atoms with Crippen molar-refractivity contribution in [3.63, 3.8) is 0 Å². The number of pyridine rings is 1. The molecule has 1 N–H and O–H groups in total. The maximum atomic E-state index is 11.3. The van der Waals surface area contributed by atoms with Gasteiger partial charge in [-0.1, -0.05) is 11.6 Å². The van der Waals surface area contributed by atoms with Gasteiger partial charge >= 0.3 is 0 Å². The Kier molecular flexibility index (Phi) is 5.61. The number of ether oxygens (including phenoxy) is 1. The summed E-state index contributed by atoms with van der Waals surface area (Å²) in [5, 5.41) is 3.20. The molecular formula is C14H20ClN3O2. The van der Waals surface area contributed by atoms with Crippen LogP contribution in [-0.4, -0.2) is 49.1 Å². The van der Waals surface area contributed by atoms with E-state index >= 15 is 0 Å². The minimum atomic E-state index is 0.0725. The second-order valence-electron chi connectivity index (χ2n) is 5.01. The van der Waals surface area contributed by atoms with Crippen LogP contribution in [0.1, 0.15) is 12.8 Å². The van der Waals surface area contributed by atoms with E-state index in [2.05, 4.69) is 15.2 Å². The Morgan fingerprint density at radius 2 is 2.30 bits per heavy atom. The first-order valence-electron chi connectivity index (χ1n) is 6.84. The van der Waals surface area contributed by atoms with Crippen molar-refractivity contribution >= 4 is 17.5 Å². The van der Waals surface area contributed by atoms with Crippen LogP contribution < -0.4 is 10.1 Å². The van der Waals surface area contributed by atoms with Crippen molar-refractivity contribution < 1.29 is 9.53 Å². The van der Waals surface area contributed by atoms with Gasteiger partial charge < -0.3 is 10.1 Å². The summed E-state index contributed by atoms with van der Waals surface area (Å²) < 4.78 is 5.74. The monoisotopic (exact) mass is 297 g/mol. The zero-order chi connectivity index (χ0) is 14.4. The fourth-order valence-electron chi connectivity index (χ4n) is 2.28. The molecule has 0 atom stereocenters. The van der Waals surface area contributed by atoms with Gasteiger partial charge in [-0.05, 0) is 31.8 Å². The van der Waals surface area contributed by atoms with Gasteiger partial charge in [-0.3, -0.25) is 14.7 Å². The van der Waals surface area contributed by atoms with E-state index in [-0.39, 0.29) is 5.91 Å². The molecule has 0 spiro atoms. The van der Waals surface area contributed by atoms with Gasteiger partial charge in [0.1, 0.15) is 10.8 Å². The highest BCUT2D eigenvalue weighted by atomic mass is 35.5. The number of aromatic nitrogens is 1. The molecule has 1 aromatic rings. The maximum Gasteiger partial charge on any atom is 0.233 e. The van der Waals surface area contributed by atoms with Gasteiger partial charge in [-0.25, -0.2) is 0 Å². The number of carbonyl (C=O) groups is 1. The summed E-state index contributed by atoms with van der Waals surface area (Å²) >= 11 is 6.00. The Hall–Kier alpha value is -1.33. The largest absolute Gasteiger partial charge is 0.492 e. The molecule has 1 aromatic heterocycles. The quantitative estimate of drug-likeness (QED) is 0.896. The second-order valence-corrected chi connectivity index (χ2v) is 5.42. The van der Waals surface area contributed by atoms with Crippen molar-refractivity contribution in [1.82, 2.24) is 15.2 Å². The van der Waals surface area contributed by atoms with Gasteiger partial charge in [0.15, 0.2) is 0 Å². The first-order valence-corrected chi connectivity index (χ1v) is 7.22. The molecule has 1 saturated heterocycles. The molecule has 1 aliphatic rings. The van der Waals surface area contributed by atoms with E-state index in [4.69, 9.17) is 16.3 Å². The summed E-state index contributed by atoms with van der Waals surface area (Å²) in [6.45, 7) is 3.02. The molecule has 1 aliphatic heterocycles. The Morgan fingerprint density at radius 3 is 2.95 bits per heavy atom. The fraction of sp³-hybridized carbons (Fsp3) is 0.571. The number of hydrogen-bond donors (Lipinski definition) is 1. The number of likely N-dealkylation sites (tertiary alicyclic amines) is 1. The number of carbonyl (C=O) groups excluding carboxylic acids is 1. The van der Waals surface area contributed by atoms with E-state index in [0.717, 1.165) is 25.9 Å². The van der Waals surface area contributed by atoms with E-state index in [1.807, 2.05) is 0 Å². The summed E-state index contributed by atoms with van der Waals surface area (Å²) in [5.41, 5.74) is 0. The van der Waals surface area contributed by atoms with Crippen molar-refractivity contribution in [3.8, 4) is 5.75 Å². The Morgan fingerprint density at radius 1 is 1.55 bits per heavy atom. The van der Waals surface area contributed by atoms with Gasteiger partial charge in [-0.15, -0.1) is 0 Å². The van der Waals surface area contributed by atoms with Crippen molar-refractivity contribution in [2.75, 3.05) is 33.3 Å². The summed E-state index contributed by atoms with van der Waals surface area (Å²) in [6.07, 6.45) is 5.34. The predicted molar refractivity (Wildman–Crippen MR) is 78.0 cm³/mol. The number of likely N-dealkylation sites (N-methyl/N-ethyl adjacent to an activating group) is 1. The average Bonchev–Trinajstić information content (AvgIpc) is 2.48. The smallest absolute Gasteiger partial charge is 0.233 e. The molecule has 0 aliphatic carbocycles. The SMILES string of the molecule is CNC(=O)CN1CCC(COc2ccncc2Cl)CC1. The predicted octanol–water partition coefficient (Wildman–Crippen LogP) is 1.57. The number of piperidine rings is 1. The van der Waals surface area contributed by atoms with Crippen LogP contribution in [0, 0.1) is 5.92 Å². The van der Waals surface area contributed by atoms with Crippen LogP contribution in [0.25, 0.3) is 0 Å². The molecular weight excluding hydrogens is 278 g/mol. The highest BCUT2D eigenvalue weighted by molar-refractivity contribution is 6.31. The molecule has 0 bridgehead atoms. The number of halogens is 1. The van der Waals surface area contributed by atoms with Crippen LogP contribution in [0.5, 0.6) is 5.75 Å². The molecule has 1 fully saturated rings. The van der Waals surface area contributed by atoms with Crippen LogP contribution >= 0.6 is 11.6 Å². The molecule has 1 amide bonds. The van der Waals surface area contributed by atoms with Gasteiger partial charge in [0.05, 0.1) is 13.2 Å². The number of rotatable bonds is 5. The average molecular weight is 298 g/mol. The molecule has 6 heteroatoms. The van der Waals surface area contributed by atoms with E-state index < -0.39 is 0 Å². The third kappa shape index (κ3) is 4.35. The highest BCUT2D eigenvalue weighted by Crippen LogP contribution is 2.24. The maximum absolute atomic E-state index is 11.3. The Bertz CT molecular complexity index is 448. The molecule has 110 valence electrons. The van der Waals surface area contributed by atoms with Gasteiger partial charge in [0, 0.05) is 25.5 Å². The molecule has 2 rings (SSSR count). The van der Waals surface area contributed by atoms with E-state index in [1.165, 1.54) is 0 Å². The van der Waals surface area contributed by atoms with Crippen molar-refractivity contribution in [1.29, 1.82) is 0 Å². The number of nitrogens with zero attached hydrogens (tertiary/aromatic N) is 2. The molecule has 0 saturated carbocycles. The molecule has 5 nitrogen and oxygen atoms in total. The number of nitrogens with one attached hydrogen (secondary N) is 1. The van der Waals surface area contributed by atoms with Crippen molar-refractivity contribution in [3.05, 3.63) is 23.5 Å². The van der Waals surface area contributed by atoms with Gasteiger partial charge in [0.25, 0.3) is 0 Å². The first-order chi connectivity index (χ1) is 9.69. The van der Waals surface area contributed by atoms with Crippen LogP contribution in [0.2, 0.25) is 5.02 Å². The number of hydrogen-bond acceptors (Lipinski definition) is 4. The molecule has 2 heterocycles. The Balaban J connectivity index is 1.72. The summed E-state index contributed by atoms with van der Waals surface area (Å²) in [4.78, 5) is 17.4. The van der Waals surface area contributed by atoms with Crippen molar-refractivity contribution in [2.45, 2.75) is 12.8 Å². The third-order valence-electron chi connectivity index (χ3n) is 3.56. The van der Waals surface area contributed by atoms with Gasteiger partial charge in [-0.2, -0.15) is 0 Å². The van der Waals surface area contributed by atoms with Crippen LogP contribution in [0.15, 0.2) is 18.5 Å². The summed E-state index contributed by atoms with van der Waals surface area (Å²) in [5.74, 6) is 1.28.